The number of ketones is 1. The van der Waals surface area contributed by atoms with Crippen LogP contribution in [0.5, 0.6) is 0 Å². The second kappa shape index (κ2) is 9.99. The molecule has 1 aromatic rings. The molecule has 3 fully saturated rings. The van der Waals surface area contributed by atoms with E-state index in [2.05, 4.69) is 10.6 Å². The van der Waals surface area contributed by atoms with Gasteiger partial charge in [0.05, 0.1) is 6.04 Å². The Kier molecular flexibility index (Phi) is 7.19. The van der Waals surface area contributed by atoms with Gasteiger partial charge >= 0.3 is 0 Å². The number of rotatable bonds is 8. The van der Waals surface area contributed by atoms with Crippen LogP contribution in [0, 0.1) is 23.6 Å². The van der Waals surface area contributed by atoms with Crippen LogP contribution in [-0.4, -0.2) is 60.3 Å². The number of hydrogen-bond donors (Lipinski definition) is 2. The number of benzene rings is 1. The quantitative estimate of drug-likeness (QED) is 0.581. The second-order valence-electron chi connectivity index (χ2n) is 9.94. The van der Waals surface area contributed by atoms with Gasteiger partial charge in [-0.05, 0) is 56.6 Å². The Bertz CT molecular complexity index is 1020. The molecule has 0 aromatic heterocycles. The molecule has 2 heterocycles. The predicted octanol–water partition coefficient (Wildman–Crippen LogP) is 2.19. The van der Waals surface area contributed by atoms with Crippen LogP contribution < -0.4 is 10.6 Å². The first-order valence-corrected chi connectivity index (χ1v) is 12.1. The first kappa shape index (κ1) is 25.2. The average Bonchev–Trinajstić information content (AvgIpc) is 3.53. The first-order valence-electron chi connectivity index (χ1n) is 12.1. The van der Waals surface area contributed by atoms with Gasteiger partial charge in [-0.25, -0.2) is 13.2 Å². The van der Waals surface area contributed by atoms with Crippen LogP contribution >= 0.6 is 0 Å². The van der Waals surface area contributed by atoms with E-state index < -0.39 is 53.8 Å². The zero-order valence-corrected chi connectivity index (χ0v) is 19.6. The molecule has 0 unspecified atom stereocenters. The molecule has 3 amide bonds. The highest BCUT2D eigenvalue weighted by Gasteiger charge is 2.53. The molecule has 1 aromatic carbocycles. The molecule has 7 nitrogen and oxygen atoms in total. The minimum Gasteiger partial charge on any atom is -0.356 e. The number of nitrogens with zero attached hydrogens (tertiary/aromatic N) is 1. The van der Waals surface area contributed by atoms with Crippen molar-refractivity contribution >= 4 is 23.5 Å². The highest BCUT2D eigenvalue weighted by atomic mass is 19.1. The van der Waals surface area contributed by atoms with Crippen molar-refractivity contribution in [1.29, 1.82) is 0 Å². The number of carbonyl (C=O) groups is 4. The van der Waals surface area contributed by atoms with E-state index in [0.717, 1.165) is 31.9 Å². The summed E-state index contributed by atoms with van der Waals surface area (Å²) in [6.07, 6.45) is 2.71. The van der Waals surface area contributed by atoms with Crippen LogP contribution in [0.1, 0.15) is 44.6 Å². The van der Waals surface area contributed by atoms with E-state index in [4.69, 9.17) is 0 Å². The largest absolute Gasteiger partial charge is 0.356 e. The summed E-state index contributed by atoms with van der Waals surface area (Å²) in [5.41, 5.74) is -2.73. The van der Waals surface area contributed by atoms with Crippen molar-refractivity contribution in [2.24, 2.45) is 17.8 Å². The average molecular weight is 494 g/mol. The molecule has 190 valence electrons. The van der Waals surface area contributed by atoms with Crippen molar-refractivity contribution in [3.8, 4) is 0 Å². The van der Waals surface area contributed by atoms with Gasteiger partial charge in [-0.2, -0.15) is 0 Å². The van der Waals surface area contributed by atoms with E-state index in [9.17, 15) is 28.0 Å². The zero-order valence-electron chi connectivity index (χ0n) is 19.6. The third kappa shape index (κ3) is 4.92. The number of amides is 3. The highest BCUT2D eigenvalue weighted by Crippen LogP contribution is 2.44. The fourth-order valence-corrected chi connectivity index (χ4v) is 5.80. The summed E-state index contributed by atoms with van der Waals surface area (Å²) in [5.74, 6) is -4.17. The number of likely N-dealkylation sites (tertiary alicyclic amines) is 1. The smallest absolute Gasteiger partial charge is 0.265 e. The molecule has 0 radical (unpaired) electrons. The van der Waals surface area contributed by atoms with Gasteiger partial charge in [0.1, 0.15) is 18.5 Å². The molecule has 6 atom stereocenters. The molecule has 1 saturated carbocycles. The van der Waals surface area contributed by atoms with Crippen LogP contribution in [0.3, 0.4) is 0 Å². The molecule has 0 bridgehead atoms. The van der Waals surface area contributed by atoms with Crippen LogP contribution in [-0.2, 0) is 24.8 Å². The molecule has 2 aliphatic heterocycles. The van der Waals surface area contributed by atoms with E-state index in [0.29, 0.717) is 19.4 Å². The molecule has 4 rings (SSSR count). The number of hydrogen-bond acceptors (Lipinski definition) is 4. The summed E-state index contributed by atoms with van der Waals surface area (Å²) in [6, 6.07) is 2.46. The Morgan fingerprint density at radius 3 is 2.69 bits per heavy atom. The predicted molar refractivity (Wildman–Crippen MR) is 120 cm³/mol. The number of halogens is 3. The van der Waals surface area contributed by atoms with E-state index in [-0.39, 0.29) is 36.3 Å². The SMILES string of the molecule is C[C@@](F)(C(=O)N1C[C@@H]2CCC[C@@H]2[C@@H]1C(=O)N[C@@H](C[C@H]1CCNC1=O)C(=O)CF)c1cccc(F)c1. The molecule has 1 aliphatic carbocycles. The van der Waals surface area contributed by atoms with Gasteiger partial charge in [0.15, 0.2) is 5.78 Å². The molecule has 2 N–H and O–H groups in total. The van der Waals surface area contributed by atoms with Gasteiger partial charge in [-0.1, -0.05) is 18.6 Å². The van der Waals surface area contributed by atoms with Gasteiger partial charge < -0.3 is 15.5 Å². The topological polar surface area (TPSA) is 95.6 Å². The third-order valence-electron chi connectivity index (χ3n) is 7.71. The van der Waals surface area contributed by atoms with Crippen LogP contribution in [0.2, 0.25) is 0 Å². The molecule has 10 heteroatoms. The Hall–Kier alpha value is -2.91. The number of carbonyl (C=O) groups excluding carboxylic acids is 4. The minimum absolute atomic E-state index is 0.00561. The van der Waals surface area contributed by atoms with E-state index in [1.165, 1.54) is 17.0 Å². The van der Waals surface area contributed by atoms with Crippen LogP contribution in [0.4, 0.5) is 13.2 Å². The lowest BCUT2D eigenvalue weighted by Gasteiger charge is -2.33. The lowest BCUT2D eigenvalue weighted by Crippen LogP contribution is -2.55. The highest BCUT2D eigenvalue weighted by molar-refractivity contribution is 5.96. The van der Waals surface area contributed by atoms with Gasteiger partial charge in [0.25, 0.3) is 5.91 Å². The molecule has 0 spiro atoms. The van der Waals surface area contributed by atoms with Crippen molar-refractivity contribution in [2.75, 3.05) is 19.8 Å². The monoisotopic (exact) mass is 493 g/mol. The maximum absolute atomic E-state index is 15.8. The van der Waals surface area contributed by atoms with Crippen molar-refractivity contribution in [1.82, 2.24) is 15.5 Å². The number of fused-ring (bicyclic) bond motifs is 1. The number of Topliss-reactive ketones (excluding diaryl/α,β-unsaturated/α-hetero) is 1. The Balaban J connectivity index is 1.57. The van der Waals surface area contributed by atoms with Crippen molar-refractivity contribution in [3.05, 3.63) is 35.6 Å². The molecule has 3 aliphatic rings. The summed E-state index contributed by atoms with van der Waals surface area (Å²) in [7, 11) is 0. The zero-order chi connectivity index (χ0) is 25.3. The van der Waals surface area contributed by atoms with E-state index in [1.54, 1.807) is 0 Å². The molecule has 2 saturated heterocycles. The van der Waals surface area contributed by atoms with Gasteiger partial charge in [-0.3, -0.25) is 19.2 Å². The van der Waals surface area contributed by atoms with Gasteiger partial charge in [-0.15, -0.1) is 0 Å². The fraction of sp³-hybridized carbons (Fsp3) is 0.600. The van der Waals surface area contributed by atoms with Gasteiger partial charge in [0, 0.05) is 24.6 Å². The van der Waals surface area contributed by atoms with Crippen LogP contribution in [0.25, 0.3) is 0 Å². The van der Waals surface area contributed by atoms with Crippen LogP contribution in [0.15, 0.2) is 24.3 Å². The van der Waals surface area contributed by atoms with Gasteiger partial charge in [0.2, 0.25) is 17.5 Å². The Labute approximate surface area is 201 Å². The first-order chi connectivity index (χ1) is 16.6. The lowest BCUT2D eigenvalue weighted by molar-refractivity contribution is -0.149. The summed E-state index contributed by atoms with van der Waals surface area (Å²) in [4.78, 5) is 52.3. The number of alkyl halides is 2. The molecule has 35 heavy (non-hydrogen) atoms. The Morgan fingerprint density at radius 1 is 1.26 bits per heavy atom. The van der Waals surface area contributed by atoms with Crippen molar-refractivity contribution in [2.45, 2.75) is 56.8 Å². The summed E-state index contributed by atoms with van der Waals surface area (Å²) >= 11 is 0. The van der Waals surface area contributed by atoms with Crippen molar-refractivity contribution < 1.29 is 32.3 Å². The third-order valence-corrected chi connectivity index (χ3v) is 7.71. The molecular formula is C25H30F3N3O4. The summed E-state index contributed by atoms with van der Waals surface area (Å²) in [5, 5.41) is 5.22. The van der Waals surface area contributed by atoms with Crippen molar-refractivity contribution in [3.63, 3.8) is 0 Å². The standard InChI is InChI=1S/C25H30F3N3O4/c1-25(28,16-5-3-6-17(27)11-16)24(35)31-13-15-4-2-7-18(15)21(31)23(34)30-19(20(32)12-26)10-14-8-9-29-22(14)33/h3,5-6,11,14-15,18-19,21H,2,4,7-10,12-13H2,1H3,(H,29,33)(H,30,34)/t14-,15+,18+,19+,21-,25+/m1/s1. The normalized spacial score (nSPS) is 28.2. The number of nitrogens with one attached hydrogen (secondary N) is 2. The Morgan fingerprint density at radius 2 is 2.03 bits per heavy atom. The van der Waals surface area contributed by atoms with E-state index in [1.807, 2.05) is 0 Å². The summed E-state index contributed by atoms with van der Waals surface area (Å²) < 4.78 is 42.8. The maximum Gasteiger partial charge on any atom is 0.265 e. The fourth-order valence-electron chi connectivity index (χ4n) is 5.80. The summed E-state index contributed by atoms with van der Waals surface area (Å²) in [6.45, 7) is 0.350. The van der Waals surface area contributed by atoms with E-state index >= 15 is 4.39 Å². The second-order valence-corrected chi connectivity index (χ2v) is 9.94. The maximum atomic E-state index is 15.8. The minimum atomic E-state index is -2.57. The molecular weight excluding hydrogens is 463 g/mol. The lowest BCUT2D eigenvalue weighted by atomic mass is 9.91.